The standard InChI is InChI=1S/C13H18N6O/c1-9(11-6-14-7-18(11)2)16-13(20)10-4-3-5-19-8-15-17-12(10)19/h6-10H,3-5H2,1-2H3,(H,16,20). The Morgan fingerprint density at radius 3 is 3.10 bits per heavy atom. The SMILES string of the molecule is CC(NC(=O)C1CCCn2cnnc21)c1cncn1C. The highest BCUT2D eigenvalue weighted by atomic mass is 16.2. The van der Waals surface area contributed by atoms with Crippen LogP contribution in [0.2, 0.25) is 0 Å². The summed E-state index contributed by atoms with van der Waals surface area (Å²) in [7, 11) is 1.92. The first-order valence-electron chi connectivity index (χ1n) is 6.81. The van der Waals surface area contributed by atoms with Crippen LogP contribution in [0.4, 0.5) is 0 Å². The van der Waals surface area contributed by atoms with Crippen molar-refractivity contribution >= 4 is 5.91 Å². The minimum atomic E-state index is -0.207. The third-order valence-corrected chi connectivity index (χ3v) is 3.82. The van der Waals surface area contributed by atoms with E-state index in [4.69, 9.17) is 0 Å². The Hall–Kier alpha value is -2.18. The van der Waals surface area contributed by atoms with Crippen LogP contribution in [0.5, 0.6) is 0 Å². The highest BCUT2D eigenvalue weighted by molar-refractivity contribution is 5.83. The van der Waals surface area contributed by atoms with Gasteiger partial charge in [-0.25, -0.2) is 4.98 Å². The van der Waals surface area contributed by atoms with Crippen LogP contribution in [0.15, 0.2) is 18.9 Å². The molecule has 3 rings (SSSR count). The molecule has 0 radical (unpaired) electrons. The normalized spacial score (nSPS) is 19.4. The minimum absolute atomic E-state index is 0.00708. The van der Waals surface area contributed by atoms with Crippen molar-refractivity contribution in [1.82, 2.24) is 29.6 Å². The molecule has 1 aliphatic heterocycles. The number of nitrogens with zero attached hydrogens (tertiary/aromatic N) is 5. The van der Waals surface area contributed by atoms with E-state index in [1.54, 1.807) is 18.9 Å². The maximum atomic E-state index is 12.5. The zero-order chi connectivity index (χ0) is 14.1. The molecule has 3 heterocycles. The second-order valence-electron chi connectivity index (χ2n) is 5.24. The maximum Gasteiger partial charge on any atom is 0.231 e. The maximum absolute atomic E-state index is 12.5. The number of aromatic nitrogens is 5. The molecule has 7 heteroatoms. The van der Waals surface area contributed by atoms with Gasteiger partial charge in [-0.3, -0.25) is 4.79 Å². The minimum Gasteiger partial charge on any atom is -0.347 e. The summed E-state index contributed by atoms with van der Waals surface area (Å²) < 4.78 is 3.87. The average molecular weight is 274 g/mol. The molecule has 1 aliphatic rings. The van der Waals surface area contributed by atoms with E-state index in [1.165, 1.54) is 0 Å². The zero-order valence-electron chi connectivity index (χ0n) is 11.7. The molecule has 0 spiro atoms. The lowest BCUT2D eigenvalue weighted by atomic mass is 9.97. The quantitative estimate of drug-likeness (QED) is 0.896. The van der Waals surface area contributed by atoms with E-state index in [-0.39, 0.29) is 17.9 Å². The number of hydrogen-bond acceptors (Lipinski definition) is 4. The molecule has 2 unspecified atom stereocenters. The number of amides is 1. The van der Waals surface area contributed by atoms with Gasteiger partial charge in [0.15, 0.2) is 0 Å². The van der Waals surface area contributed by atoms with Crippen LogP contribution in [0, 0.1) is 0 Å². The molecule has 0 saturated heterocycles. The molecule has 2 aromatic rings. The molecule has 0 bridgehead atoms. The van der Waals surface area contributed by atoms with Crippen molar-refractivity contribution in [1.29, 1.82) is 0 Å². The van der Waals surface area contributed by atoms with Crippen LogP contribution in [-0.2, 0) is 18.4 Å². The van der Waals surface area contributed by atoms with Gasteiger partial charge in [0, 0.05) is 13.6 Å². The van der Waals surface area contributed by atoms with Crippen LogP contribution < -0.4 is 5.32 Å². The molecule has 2 aromatic heterocycles. The Kier molecular flexibility index (Phi) is 3.25. The first-order valence-corrected chi connectivity index (χ1v) is 6.81. The number of rotatable bonds is 3. The Morgan fingerprint density at radius 2 is 2.35 bits per heavy atom. The Balaban J connectivity index is 1.74. The van der Waals surface area contributed by atoms with Gasteiger partial charge in [0.1, 0.15) is 12.2 Å². The number of fused-ring (bicyclic) bond motifs is 1. The largest absolute Gasteiger partial charge is 0.347 e. The third kappa shape index (κ3) is 2.19. The summed E-state index contributed by atoms with van der Waals surface area (Å²) in [4.78, 5) is 16.5. The molecule has 1 amide bonds. The predicted molar refractivity (Wildman–Crippen MR) is 71.8 cm³/mol. The highest BCUT2D eigenvalue weighted by Crippen LogP contribution is 2.26. The lowest BCUT2D eigenvalue weighted by molar-refractivity contribution is -0.123. The Morgan fingerprint density at radius 1 is 1.50 bits per heavy atom. The number of aryl methyl sites for hydroxylation is 2. The van der Waals surface area contributed by atoms with Crippen molar-refractivity contribution in [2.45, 2.75) is 38.3 Å². The molecule has 106 valence electrons. The van der Waals surface area contributed by atoms with Crippen LogP contribution in [0.3, 0.4) is 0 Å². The van der Waals surface area contributed by atoms with E-state index in [1.807, 2.05) is 23.1 Å². The summed E-state index contributed by atoms with van der Waals surface area (Å²) in [5, 5.41) is 11.0. The molecule has 0 fully saturated rings. The summed E-state index contributed by atoms with van der Waals surface area (Å²) in [5.74, 6) is 0.570. The fourth-order valence-corrected chi connectivity index (χ4v) is 2.72. The highest BCUT2D eigenvalue weighted by Gasteiger charge is 2.29. The van der Waals surface area contributed by atoms with Crippen LogP contribution in [-0.4, -0.2) is 30.2 Å². The van der Waals surface area contributed by atoms with E-state index in [2.05, 4.69) is 20.5 Å². The second kappa shape index (κ2) is 5.07. The number of carbonyl (C=O) groups excluding carboxylic acids is 1. The van der Waals surface area contributed by atoms with E-state index in [0.29, 0.717) is 0 Å². The first kappa shape index (κ1) is 12.8. The van der Waals surface area contributed by atoms with Gasteiger partial charge in [0.2, 0.25) is 5.91 Å². The van der Waals surface area contributed by atoms with Gasteiger partial charge in [-0.15, -0.1) is 10.2 Å². The summed E-state index contributed by atoms with van der Waals surface area (Å²) in [6.07, 6.45) is 6.99. The Labute approximate surface area is 117 Å². The lowest BCUT2D eigenvalue weighted by Crippen LogP contribution is -2.35. The fraction of sp³-hybridized carbons (Fsp3) is 0.538. The van der Waals surface area contributed by atoms with Crippen molar-refractivity contribution in [3.8, 4) is 0 Å². The number of imidazole rings is 1. The molecule has 2 atom stereocenters. The molecule has 20 heavy (non-hydrogen) atoms. The summed E-state index contributed by atoms with van der Waals surface area (Å²) in [6, 6.07) is -0.0757. The van der Waals surface area contributed by atoms with Gasteiger partial charge in [-0.2, -0.15) is 0 Å². The average Bonchev–Trinajstić information content (AvgIpc) is 3.05. The Bertz CT molecular complexity index is 616. The smallest absolute Gasteiger partial charge is 0.231 e. The van der Waals surface area contributed by atoms with Crippen molar-refractivity contribution < 1.29 is 4.79 Å². The van der Waals surface area contributed by atoms with Gasteiger partial charge in [0.05, 0.1) is 30.2 Å². The van der Waals surface area contributed by atoms with Crippen LogP contribution in [0.1, 0.15) is 43.2 Å². The predicted octanol–water partition coefficient (Wildman–Crippen LogP) is 0.766. The van der Waals surface area contributed by atoms with Gasteiger partial charge >= 0.3 is 0 Å². The monoisotopic (exact) mass is 274 g/mol. The number of nitrogens with one attached hydrogen (secondary N) is 1. The van der Waals surface area contributed by atoms with Gasteiger partial charge < -0.3 is 14.5 Å². The summed E-state index contributed by atoms with van der Waals surface area (Å²) >= 11 is 0. The summed E-state index contributed by atoms with van der Waals surface area (Å²) in [5.41, 5.74) is 0.982. The van der Waals surface area contributed by atoms with Crippen LogP contribution in [0.25, 0.3) is 0 Å². The van der Waals surface area contributed by atoms with Crippen molar-refractivity contribution in [2.24, 2.45) is 7.05 Å². The molecular formula is C13H18N6O. The van der Waals surface area contributed by atoms with Gasteiger partial charge in [-0.05, 0) is 19.8 Å². The number of carbonyl (C=O) groups is 1. The third-order valence-electron chi connectivity index (χ3n) is 3.82. The van der Waals surface area contributed by atoms with Crippen molar-refractivity contribution in [3.05, 3.63) is 30.4 Å². The first-order chi connectivity index (χ1) is 9.66. The number of hydrogen-bond donors (Lipinski definition) is 1. The lowest BCUT2D eigenvalue weighted by Gasteiger charge is -2.23. The molecular weight excluding hydrogens is 256 g/mol. The van der Waals surface area contributed by atoms with E-state index >= 15 is 0 Å². The van der Waals surface area contributed by atoms with Crippen LogP contribution >= 0.6 is 0 Å². The molecule has 1 N–H and O–H groups in total. The van der Waals surface area contributed by atoms with Gasteiger partial charge in [0.25, 0.3) is 0 Å². The molecule has 0 aromatic carbocycles. The molecule has 7 nitrogen and oxygen atoms in total. The molecule has 0 saturated carbocycles. The molecule has 0 aliphatic carbocycles. The van der Waals surface area contributed by atoms with Crippen molar-refractivity contribution in [2.75, 3.05) is 0 Å². The topological polar surface area (TPSA) is 77.6 Å². The second-order valence-corrected chi connectivity index (χ2v) is 5.24. The summed E-state index contributed by atoms with van der Waals surface area (Å²) in [6.45, 7) is 2.85. The zero-order valence-corrected chi connectivity index (χ0v) is 11.7. The van der Waals surface area contributed by atoms with Crippen molar-refractivity contribution in [3.63, 3.8) is 0 Å². The fourth-order valence-electron chi connectivity index (χ4n) is 2.72. The van der Waals surface area contributed by atoms with Gasteiger partial charge in [-0.1, -0.05) is 0 Å². The van der Waals surface area contributed by atoms with E-state index < -0.39 is 0 Å². The van der Waals surface area contributed by atoms with E-state index in [0.717, 1.165) is 30.9 Å². The van der Waals surface area contributed by atoms with E-state index in [9.17, 15) is 4.79 Å².